The van der Waals surface area contributed by atoms with Gasteiger partial charge in [-0.1, -0.05) is 0 Å². The summed E-state index contributed by atoms with van der Waals surface area (Å²) >= 11 is 0. The van der Waals surface area contributed by atoms with Crippen LogP contribution in [0.5, 0.6) is 0 Å². The van der Waals surface area contributed by atoms with Crippen LogP contribution in [-0.2, 0) is 15.1 Å². The van der Waals surface area contributed by atoms with E-state index in [1.807, 2.05) is 0 Å². The maximum Gasteiger partial charge on any atom is 0.432 e. The first-order valence-electron chi connectivity index (χ1n) is 5.76. The number of halogens is 3. The summed E-state index contributed by atoms with van der Waals surface area (Å²) in [5.74, 6) is -1.94. The largest absolute Gasteiger partial charge is 0.466 e. The lowest BCUT2D eigenvalue weighted by Crippen LogP contribution is -2.49. The topological polar surface area (TPSA) is 105 Å². The molecule has 0 spiro atoms. The van der Waals surface area contributed by atoms with Crippen molar-refractivity contribution in [1.82, 2.24) is 4.98 Å². The molecular formula is C12H9F3N2O5. The second kappa shape index (κ2) is 4.98. The van der Waals surface area contributed by atoms with Crippen LogP contribution in [0.15, 0.2) is 24.4 Å². The summed E-state index contributed by atoms with van der Waals surface area (Å²) in [5.41, 5.74) is -5.20. The SMILES string of the molecule is COC(=O)[C@](O)(c1c[nH]c2ccc([N+](=O)[O-])cc12)C(F)(F)F. The molecule has 0 aliphatic rings. The van der Waals surface area contributed by atoms with Gasteiger partial charge in [0.15, 0.2) is 0 Å². The first kappa shape index (κ1) is 15.8. The average molecular weight is 318 g/mol. The first-order chi connectivity index (χ1) is 10.1. The summed E-state index contributed by atoms with van der Waals surface area (Å²) in [7, 11) is 0.691. The Bertz CT molecular complexity index is 755. The lowest BCUT2D eigenvalue weighted by atomic mass is 9.92. The minimum Gasteiger partial charge on any atom is -0.466 e. The third kappa shape index (κ3) is 2.17. The van der Waals surface area contributed by atoms with Crippen molar-refractivity contribution < 1.29 is 32.7 Å². The number of aromatic nitrogens is 1. The molecule has 0 radical (unpaired) electrons. The molecule has 2 N–H and O–H groups in total. The molecule has 1 aromatic heterocycles. The number of nitrogens with zero attached hydrogens (tertiary/aromatic N) is 1. The van der Waals surface area contributed by atoms with Crippen molar-refractivity contribution in [3.05, 3.63) is 40.1 Å². The van der Waals surface area contributed by atoms with Gasteiger partial charge in [-0.3, -0.25) is 10.1 Å². The monoisotopic (exact) mass is 318 g/mol. The van der Waals surface area contributed by atoms with Crippen LogP contribution >= 0.6 is 0 Å². The molecule has 2 rings (SSSR count). The Balaban J connectivity index is 2.77. The Labute approximate surface area is 120 Å². The number of aliphatic hydroxyl groups is 1. The van der Waals surface area contributed by atoms with Gasteiger partial charge < -0.3 is 14.8 Å². The normalized spacial score (nSPS) is 14.6. The summed E-state index contributed by atoms with van der Waals surface area (Å²) in [6.07, 6.45) is -4.61. The Hall–Kier alpha value is -2.62. The van der Waals surface area contributed by atoms with Crippen LogP contribution in [0.25, 0.3) is 10.9 Å². The summed E-state index contributed by atoms with van der Waals surface area (Å²) < 4.78 is 43.6. The number of esters is 1. The van der Waals surface area contributed by atoms with E-state index < -0.39 is 33.9 Å². The minimum absolute atomic E-state index is 0.0900. The van der Waals surface area contributed by atoms with Crippen LogP contribution in [-0.4, -0.2) is 34.3 Å². The second-order valence-electron chi connectivity index (χ2n) is 4.39. The highest BCUT2D eigenvalue weighted by atomic mass is 19.4. The number of benzene rings is 1. The van der Waals surface area contributed by atoms with Gasteiger partial charge in [-0.2, -0.15) is 13.2 Å². The second-order valence-corrected chi connectivity index (χ2v) is 4.39. The maximum atomic E-state index is 13.2. The number of alkyl halides is 3. The molecule has 22 heavy (non-hydrogen) atoms. The van der Waals surface area contributed by atoms with E-state index >= 15 is 0 Å². The van der Waals surface area contributed by atoms with Gasteiger partial charge in [0.25, 0.3) is 11.3 Å². The van der Waals surface area contributed by atoms with Crippen molar-refractivity contribution in [2.45, 2.75) is 11.8 Å². The van der Waals surface area contributed by atoms with Gasteiger partial charge in [0, 0.05) is 34.8 Å². The summed E-state index contributed by atoms with van der Waals surface area (Å²) in [6, 6.07) is 3.08. The van der Waals surface area contributed by atoms with Crippen LogP contribution in [0.2, 0.25) is 0 Å². The van der Waals surface area contributed by atoms with Gasteiger partial charge in [-0.25, -0.2) is 4.79 Å². The highest BCUT2D eigenvalue weighted by molar-refractivity contribution is 5.93. The summed E-state index contributed by atoms with van der Waals surface area (Å²) in [6.45, 7) is 0. The van der Waals surface area contributed by atoms with E-state index in [4.69, 9.17) is 0 Å². The molecule has 0 fully saturated rings. The van der Waals surface area contributed by atoms with Crippen molar-refractivity contribution in [1.29, 1.82) is 0 Å². The molecule has 0 bridgehead atoms. The molecule has 0 unspecified atom stereocenters. The highest BCUT2D eigenvalue weighted by Crippen LogP contribution is 2.43. The quantitative estimate of drug-likeness (QED) is 0.511. The van der Waals surface area contributed by atoms with Crippen molar-refractivity contribution in [3.63, 3.8) is 0 Å². The molecule has 1 heterocycles. The van der Waals surface area contributed by atoms with E-state index in [0.717, 1.165) is 18.3 Å². The average Bonchev–Trinajstić information content (AvgIpc) is 2.87. The number of H-pyrrole nitrogens is 1. The molecule has 1 atom stereocenters. The molecule has 7 nitrogen and oxygen atoms in total. The number of aromatic amines is 1. The molecule has 2 aromatic rings. The van der Waals surface area contributed by atoms with E-state index in [0.29, 0.717) is 7.11 Å². The van der Waals surface area contributed by atoms with E-state index in [1.54, 1.807) is 0 Å². The lowest BCUT2D eigenvalue weighted by molar-refractivity contribution is -0.384. The zero-order valence-corrected chi connectivity index (χ0v) is 11.0. The number of rotatable bonds is 3. The molecular weight excluding hydrogens is 309 g/mol. The third-order valence-electron chi connectivity index (χ3n) is 3.16. The van der Waals surface area contributed by atoms with Crippen molar-refractivity contribution in [3.8, 4) is 0 Å². The van der Waals surface area contributed by atoms with Gasteiger partial charge in [-0.15, -0.1) is 0 Å². The van der Waals surface area contributed by atoms with Gasteiger partial charge in [0.2, 0.25) is 0 Å². The predicted octanol–water partition coefficient (Wildman–Crippen LogP) is 2.00. The fraction of sp³-hybridized carbons (Fsp3) is 0.250. The zero-order valence-electron chi connectivity index (χ0n) is 11.0. The number of nitrogens with one attached hydrogen (secondary N) is 1. The van der Waals surface area contributed by atoms with E-state index in [-0.39, 0.29) is 10.9 Å². The molecule has 0 saturated carbocycles. The van der Waals surface area contributed by atoms with Crippen LogP contribution in [0.4, 0.5) is 18.9 Å². The van der Waals surface area contributed by atoms with Crippen molar-refractivity contribution in [2.75, 3.05) is 7.11 Å². The smallest absolute Gasteiger partial charge is 0.432 e. The number of non-ortho nitro benzene ring substituents is 1. The van der Waals surface area contributed by atoms with E-state index in [1.165, 1.54) is 6.07 Å². The standard InChI is InChI=1S/C12H9F3N2O5/c1-22-10(18)11(19,12(13,14)15)8-5-16-9-3-2-6(17(20)21)4-7(8)9/h2-5,16,19H,1H3/t11-/m1/s1. The predicted molar refractivity (Wildman–Crippen MR) is 66.9 cm³/mol. The number of nitro benzene ring substituents is 1. The van der Waals surface area contributed by atoms with Crippen LogP contribution in [0, 0.1) is 10.1 Å². The van der Waals surface area contributed by atoms with Gasteiger partial charge in [0.05, 0.1) is 12.0 Å². The van der Waals surface area contributed by atoms with Crippen LogP contribution in [0.3, 0.4) is 0 Å². The number of hydrogen-bond donors (Lipinski definition) is 2. The van der Waals surface area contributed by atoms with Crippen molar-refractivity contribution >= 4 is 22.6 Å². The number of ether oxygens (including phenoxy) is 1. The maximum absolute atomic E-state index is 13.2. The number of methoxy groups -OCH3 is 1. The van der Waals surface area contributed by atoms with Gasteiger partial charge in [-0.05, 0) is 6.07 Å². The van der Waals surface area contributed by atoms with Gasteiger partial charge >= 0.3 is 12.1 Å². The molecule has 1 aromatic carbocycles. The summed E-state index contributed by atoms with van der Waals surface area (Å²) in [4.78, 5) is 23.9. The van der Waals surface area contributed by atoms with Crippen LogP contribution in [0.1, 0.15) is 5.56 Å². The molecule has 118 valence electrons. The molecule has 0 aliphatic heterocycles. The fourth-order valence-electron chi connectivity index (χ4n) is 2.05. The molecule has 10 heteroatoms. The minimum atomic E-state index is -5.38. The van der Waals surface area contributed by atoms with Crippen molar-refractivity contribution in [2.24, 2.45) is 0 Å². The molecule has 0 saturated heterocycles. The molecule has 0 aliphatic carbocycles. The van der Waals surface area contributed by atoms with Crippen LogP contribution < -0.4 is 0 Å². The number of nitro groups is 1. The third-order valence-corrected chi connectivity index (χ3v) is 3.16. The fourth-order valence-corrected chi connectivity index (χ4v) is 2.05. The Morgan fingerprint density at radius 1 is 1.41 bits per heavy atom. The number of hydrogen-bond acceptors (Lipinski definition) is 5. The molecule has 0 amide bonds. The first-order valence-corrected chi connectivity index (χ1v) is 5.76. The Kier molecular flexibility index (Phi) is 3.57. The highest BCUT2D eigenvalue weighted by Gasteiger charge is 2.63. The number of fused-ring (bicyclic) bond motifs is 1. The van der Waals surface area contributed by atoms with Gasteiger partial charge in [0.1, 0.15) is 0 Å². The number of carbonyl (C=O) groups excluding carboxylic acids is 1. The number of carbonyl (C=O) groups is 1. The Morgan fingerprint density at radius 2 is 2.05 bits per heavy atom. The zero-order chi connectivity index (χ0) is 16.7. The Morgan fingerprint density at radius 3 is 2.55 bits per heavy atom. The summed E-state index contributed by atoms with van der Waals surface area (Å²) in [5, 5.41) is 20.3. The van der Waals surface area contributed by atoms with E-state index in [9.17, 15) is 33.2 Å². The van der Waals surface area contributed by atoms with E-state index in [2.05, 4.69) is 9.72 Å². The lowest BCUT2D eigenvalue weighted by Gasteiger charge is -2.27.